The molecule has 1 fully saturated rings. The number of para-hydroxylation sites is 1. The smallest absolute Gasteiger partial charge is 0.343 e. The number of carboxylic acids is 1. The van der Waals surface area contributed by atoms with E-state index in [-0.39, 0.29) is 13.0 Å². The SMILES string of the molecule is Cc1nn(-c2ccccc2)cc1C(=O)N1CCC(F)(C(=O)O)C1. The van der Waals surface area contributed by atoms with Gasteiger partial charge in [0, 0.05) is 19.2 Å². The van der Waals surface area contributed by atoms with Crippen molar-refractivity contribution in [1.29, 1.82) is 0 Å². The van der Waals surface area contributed by atoms with Gasteiger partial charge in [-0.15, -0.1) is 0 Å². The average Bonchev–Trinajstić information content (AvgIpc) is 3.12. The Morgan fingerprint density at radius 2 is 2.00 bits per heavy atom. The number of hydrogen-bond acceptors (Lipinski definition) is 3. The molecule has 2 heterocycles. The monoisotopic (exact) mass is 317 g/mol. The van der Waals surface area contributed by atoms with Crippen LogP contribution in [0.1, 0.15) is 22.5 Å². The van der Waals surface area contributed by atoms with Gasteiger partial charge in [0.25, 0.3) is 5.91 Å². The minimum absolute atomic E-state index is 0.0809. The van der Waals surface area contributed by atoms with Gasteiger partial charge < -0.3 is 10.0 Å². The van der Waals surface area contributed by atoms with E-state index in [2.05, 4.69) is 5.10 Å². The summed E-state index contributed by atoms with van der Waals surface area (Å²) in [5.41, 5.74) is -0.686. The molecule has 1 unspecified atom stereocenters. The molecule has 0 bridgehead atoms. The van der Waals surface area contributed by atoms with E-state index in [9.17, 15) is 14.0 Å². The van der Waals surface area contributed by atoms with Crippen molar-refractivity contribution in [3.63, 3.8) is 0 Å². The number of rotatable bonds is 3. The fourth-order valence-corrected chi connectivity index (χ4v) is 2.67. The number of aliphatic carboxylic acids is 1. The van der Waals surface area contributed by atoms with Crippen molar-refractivity contribution in [2.75, 3.05) is 13.1 Å². The number of aryl methyl sites for hydroxylation is 1. The Hall–Kier alpha value is -2.70. The number of likely N-dealkylation sites (tertiary alicyclic amines) is 1. The summed E-state index contributed by atoms with van der Waals surface area (Å²) in [6.45, 7) is 1.34. The molecule has 1 aliphatic heterocycles. The van der Waals surface area contributed by atoms with Crippen molar-refractivity contribution < 1.29 is 19.1 Å². The predicted molar refractivity (Wildman–Crippen MR) is 80.3 cm³/mol. The predicted octanol–water partition coefficient (Wildman–Crippen LogP) is 1.82. The van der Waals surface area contributed by atoms with E-state index in [0.29, 0.717) is 11.3 Å². The first-order valence-electron chi connectivity index (χ1n) is 7.24. The molecular weight excluding hydrogens is 301 g/mol. The summed E-state index contributed by atoms with van der Waals surface area (Å²) >= 11 is 0. The lowest BCUT2D eigenvalue weighted by atomic mass is 10.1. The Bertz CT molecular complexity index is 759. The van der Waals surface area contributed by atoms with Crippen LogP contribution < -0.4 is 0 Å². The molecule has 1 aromatic heterocycles. The molecule has 1 amide bonds. The number of benzene rings is 1. The van der Waals surface area contributed by atoms with Crippen LogP contribution in [0.3, 0.4) is 0 Å². The largest absolute Gasteiger partial charge is 0.479 e. The molecule has 0 saturated carbocycles. The van der Waals surface area contributed by atoms with Gasteiger partial charge >= 0.3 is 5.97 Å². The van der Waals surface area contributed by atoms with Crippen LogP contribution in [-0.4, -0.2) is 50.4 Å². The van der Waals surface area contributed by atoms with Crippen molar-refractivity contribution >= 4 is 11.9 Å². The highest BCUT2D eigenvalue weighted by atomic mass is 19.1. The molecule has 1 aliphatic rings. The highest BCUT2D eigenvalue weighted by Crippen LogP contribution is 2.27. The Kier molecular flexibility index (Phi) is 3.63. The van der Waals surface area contributed by atoms with Crippen LogP contribution in [-0.2, 0) is 4.79 Å². The van der Waals surface area contributed by atoms with Crippen LogP contribution in [0, 0.1) is 6.92 Å². The number of carbonyl (C=O) groups is 2. The number of nitrogens with zero attached hydrogens (tertiary/aromatic N) is 3. The van der Waals surface area contributed by atoms with Crippen LogP contribution >= 0.6 is 0 Å². The molecule has 23 heavy (non-hydrogen) atoms. The molecule has 1 atom stereocenters. The molecule has 1 saturated heterocycles. The zero-order valence-corrected chi connectivity index (χ0v) is 12.6. The van der Waals surface area contributed by atoms with Gasteiger partial charge in [0.05, 0.1) is 23.5 Å². The fraction of sp³-hybridized carbons (Fsp3) is 0.312. The van der Waals surface area contributed by atoms with E-state index in [4.69, 9.17) is 5.11 Å². The van der Waals surface area contributed by atoms with Crippen LogP contribution in [0.2, 0.25) is 0 Å². The summed E-state index contributed by atoms with van der Waals surface area (Å²) in [4.78, 5) is 24.7. The maximum absolute atomic E-state index is 14.1. The van der Waals surface area contributed by atoms with Crippen molar-refractivity contribution in [1.82, 2.24) is 14.7 Å². The lowest BCUT2D eigenvalue weighted by molar-refractivity contribution is -0.149. The number of hydrogen-bond donors (Lipinski definition) is 1. The van der Waals surface area contributed by atoms with E-state index < -0.39 is 24.1 Å². The van der Waals surface area contributed by atoms with Crippen molar-refractivity contribution in [3.8, 4) is 5.69 Å². The Labute approximate surface area is 132 Å². The fourth-order valence-electron chi connectivity index (χ4n) is 2.67. The zero-order chi connectivity index (χ0) is 16.6. The number of aromatic nitrogens is 2. The van der Waals surface area contributed by atoms with Crippen molar-refractivity contribution in [2.24, 2.45) is 0 Å². The lowest BCUT2D eigenvalue weighted by Gasteiger charge is -2.17. The van der Waals surface area contributed by atoms with Gasteiger partial charge in [-0.1, -0.05) is 18.2 Å². The summed E-state index contributed by atoms with van der Waals surface area (Å²) in [5.74, 6) is -1.92. The lowest BCUT2D eigenvalue weighted by Crippen LogP contribution is -2.39. The summed E-state index contributed by atoms with van der Waals surface area (Å²) in [7, 11) is 0. The molecule has 7 heteroatoms. The van der Waals surface area contributed by atoms with E-state index in [1.807, 2.05) is 30.3 Å². The van der Waals surface area contributed by atoms with Gasteiger partial charge in [0.1, 0.15) is 0 Å². The minimum Gasteiger partial charge on any atom is -0.479 e. The summed E-state index contributed by atoms with van der Waals surface area (Å²) in [6, 6.07) is 9.31. The topological polar surface area (TPSA) is 75.4 Å². The molecular formula is C16H16FN3O3. The summed E-state index contributed by atoms with van der Waals surface area (Å²) in [5, 5.41) is 13.2. The van der Waals surface area contributed by atoms with E-state index in [1.165, 1.54) is 4.90 Å². The Morgan fingerprint density at radius 1 is 1.30 bits per heavy atom. The van der Waals surface area contributed by atoms with E-state index in [1.54, 1.807) is 17.8 Å². The maximum atomic E-state index is 14.1. The van der Waals surface area contributed by atoms with Crippen LogP contribution in [0.5, 0.6) is 0 Å². The highest BCUT2D eigenvalue weighted by Gasteiger charge is 2.47. The number of carboxylic acid groups (broad SMARTS) is 1. The molecule has 6 nitrogen and oxygen atoms in total. The highest BCUT2D eigenvalue weighted by molar-refractivity contribution is 5.96. The summed E-state index contributed by atoms with van der Waals surface area (Å²) in [6.07, 6.45) is 1.39. The molecule has 3 rings (SSSR count). The van der Waals surface area contributed by atoms with Gasteiger partial charge in [-0.05, 0) is 19.1 Å². The van der Waals surface area contributed by atoms with Crippen LogP contribution in [0.4, 0.5) is 4.39 Å². The third-order valence-electron chi connectivity index (χ3n) is 4.04. The molecule has 1 N–H and O–H groups in total. The Morgan fingerprint density at radius 3 is 2.61 bits per heavy atom. The number of amides is 1. The second-order valence-corrected chi connectivity index (χ2v) is 5.66. The van der Waals surface area contributed by atoms with Gasteiger partial charge in [-0.3, -0.25) is 4.79 Å². The summed E-state index contributed by atoms with van der Waals surface area (Å²) < 4.78 is 15.7. The zero-order valence-electron chi connectivity index (χ0n) is 12.6. The number of carbonyl (C=O) groups excluding carboxylic acids is 1. The second kappa shape index (κ2) is 5.49. The molecule has 0 spiro atoms. The van der Waals surface area contributed by atoms with Crippen LogP contribution in [0.15, 0.2) is 36.5 Å². The van der Waals surface area contributed by atoms with Gasteiger partial charge in [0.15, 0.2) is 0 Å². The Balaban J connectivity index is 1.84. The quantitative estimate of drug-likeness (QED) is 0.937. The molecule has 0 radical (unpaired) electrons. The molecule has 2 aromatic rings. The first-order valence-corrected chi connectivity index (χ1v) is 7.24. The van der Waals surface area contributed by atoms with E-state index >= 15 is 0 Å². The molecule has 1 aromatic carbocycles. The maximum Gasteiger partial charge on any atom is 0.343 e. The minimum atomic E-state index is -2.36. The van der Waals surface area contributed by atoms with Gasteiger partial charge in [-0.2, -0.15) is 5.10 Å². The first-order chi connectivity index (χ1) is 10.9. The van der Waals surface area contributed by atoms with Crippen LogP contribution in [0.25, 0.3) is 5.69 Å². The normalized spacial score (nSPS) is 20.7. The standard InChI is InChI=1S/C16H16FN3O3/c1-11-13(9-20(18-11)12-5-3-2-4-6-12)14(21)19-8-7-16(17,10-19)15(22)23/h2-6,9H,7-8,10H2,1H3,(H,22,23). The first kappa shape index (κ1) is 15.2. The number of alkyl halides is 1. The average molecular weight is 317 g/mol. The van der Waals surface area contributed by atoms with E-state index in [0.717, 1.165) is 5.69 Å². The van der Waals surface area contributed by atoms with Gasteiger partial charge in [0.2, 0.25) is 5.67 Å². The van der Waals surface area contributed by atoms with Crippen molar-refractivity contribution in [3.05, 3.63) is 47.8 Å². The second-order valence-electron chi connectivity index (χ2n) is 5.66. The van der Waals surface area contributed by atoms with Gasteiger partial charge in [-0.25, -0.2) is 13.9 Å². The third kappa shape index (κ3) is 2.69. The molecule has 0 aliphatic carbocycles. The molecule has 120 valence electrons. The number of halogens is 1. The third-order valence-corrected chi connectivity index (χ3v) is 4.04. The van der Waals surface area contributed by atoms with Crippen molar-refractivity contribution in [2.45, 2.75) is 19.0 Å².